The second-order valence-electron chi connectivity index (χ2n) is 6.27. The Bertz CT molecular complexity index is 618. The molecule has 23 heavy (non-hydrogen) atoms. The molecule has 122 valence electrons. The molecule has 1 aliphatic heterocycles. The van der Waals surface area contributed by atoms with Gasteiger partial charge in [0.25, 0.3) is 11.8 Å². The summed E-state index contributed by atoms with van der Waals surface area (Å²) in [5.74, 6) is -1.05. The van der Waals surface area contributed by atoms with Crippen LogP contribution in [0.4, 0.5) is 0 Å². The number of hydrogen-bond donors (Lipinski definition) is 3. The van der Waals surface area contributed by atoms with E-state index in [4.69, 9.17) is 0 Å². The van der Waals surface area contributed by atoms with Gasteiger partial charge >= 0.3 is 0 Å². The van der Waals surface area contributed by atoms with Gasteiger partial charge in [0.15, 0.2) is 0 Å². The molecule has 3 N–H and O–H groups in total. The van der Waals surface area contributed by atoms with Crippen molar-refractivity contribution in [3.63, 3.8) is 0 Å². The van der Waals surface area contributed by atoms with E-state index < -0.39 is 17.9 Å². The third kappa shape index (κ3) is 3.55. The smallest absolute Gasteiger partial charge is 0.261 e. The first-order valence-electron chi connectivity index (χ1n) is 8.24. The van der Waals surface area contributed by atoms with E-state index in [0.29, 0.717) is 6.42 Å². The topological polar surface area (TPSA) is 78.4 Å². The molecule has 0 aromatic heterocycles. The van der Waals surface area contributed by atoms with Crippen LogP contribution < -0.4 is 10.6 Å². The van der Waals surface area contributed by atoms with Crippen LogP contribution in [0.25, 0.3) is 0 Å². The van der Waals surface area contributed by atoms with Crippen LogP contribution in [0.3, 0.4) is 0 Å². The Morgan fingerprint density at radius 2 is 1.91 bits per heavy atom. The SMILES string of the molecule is O=C(NC1CCCC1)C1=C(O)C(CCc2ccccc2)NC1=O. The summed E-state index contributed by atoms with van der Waals surface area (Å²) in [6.45, 7) is 0. The number of benzene rings is 1. The summed E-state index contributed by atoms with van der Waals surface area (Å²) < 4.78 is 0. The average Bonchev–Trinajstić information content (AvgIpc) is 3.14. The quantitative estimate of drug-likeness (QED) is 0.727. The van der Waals surface area contributed by atoms with Gasteiger partial charge in [-0.15, -0.1) is 0 Å². The Morgan fingerprint density at radius 1 is 1.22 bits per heavy atom. The summed E-state index contributed by atoms with van der Waals surface area (Å²) in [7, 11) is 0. The minimum atomic E-state index is -0.480. The van der Waals surface area contributed by atoms with E-state index >= 15 is 0 Å². The Morgan fingerprint density at radius 3 is 2.61 bits per heavy atom. The molecule has 2 amide bonds. The zero-order valence-corrected chi connectivity index (χ0v) is 13.0. The van der Waals surface area contributed by atoms with E-state index in [1.165, 1.54) is 0 Å². The summed E-state index contributed by atoms with van der Waals surface area (Å²) in [5.41, 5.74) is 1.02. The third-order valence-corrected chi connectivity index (χ3v) is 4.60. The molecule has 1 aromatic carbocycles. The van der Waals surface area contributed by atoms with Crippen molar-refractivity contribution in [2.45, 2.75) is 50.6 Å². The Labute approximate surface area is 135 Å². The maximum Gasteiger partial charge on any atom is 0.261 e. The van der Waals surface area contributed by atoms with Crippen molar-refractivity contribution >= 4 is 11.8 Å². The Balaban J connectivity index is 1.63. The highest BCUT2D eigenvalue weighted by atomic mass is 16.3. The lowest BCUT2D eigenvalue weighted by molar-refractivity contribution is -0.123. The van der Waals surface area contributed by atoms with Gasteiger partial charge in [0, 0.05) is 6.04 Å². The van der Waals surface area contributed by atoms with Gasteiger partial charge in [-0.05, 0) is 31.2 Å². The second kappa shape index (κ2) is 6.86. The van der Waals surface area contributed by atoms with Crippen molar-refractivity contribution in [1.82, 2.24) is 10.6 Å². The minimum absolute atomic E-state index is 0.116. The molecule has 1 fully saturated rings. The van der Waals surface area contributed by atoms with Crippen LogP contribution in [0.5, 0.6) is 0 Å². The average molecular weight is 314 g/mol. The summed E-state index contributed by atoms with van der Waals surface area (Å²) in [6, 6.07) is 9.52. The largest absolute Gasteiger partial charge is 0.509 e. The highest BCUT2D eigenvalue weighted by Gasteiger charge is 2.36. The van der Waals surface area contributed by atoms with Crippen molar-refractivity contribution in [2.75, 3.05) is 0 Å². The molecule has 0 bridgehead atoms. The fraction of sp³-hybridized carbons (Fsp3) is 0.444. The zero-order valence-electron chi connectivity index (χ0n) is 13.0. The van der Waals surface area contributed by atoms with Gasteiger partial charge in [-0.2, -0.15) is 0 Å². The molecule has 0 radical (unpaired) electrons. The third-order valence-electron chi connectivity index (χ3n) is 4.60. The number of aryl methyl sites for hydroxylation is 1. The van der Waals surface area contributed by atoms with Crippen LogP contribution in [0.1, 0.15) is 37.7 Å². The highest BCUT2D eigenvalue weighted by Crippen LogP contribution is 2.22. The van der Waals surface area contributed by atoms with E-state index in [2.05, 4.69) is 10.6 Å². The van der Waals surface area contributed by atoms with Crippen molar-refractivity contribution < 1.29 is 14.7 Å². The predicted octanol–water partition coefficient (Wildman–Crippen LogP) is 1.99. The van der Waals surface area contributed by atoms with E-state index in [1.807, 2.05) is 30.3 Å². The normalized spacial score (nSPS) is 21.6. The van der Waals surface area contributed by atoms with Crippen molar-refractivity contribution in [2.24, 2.45) is 0 Å². The molecule has 2 aliphatic rings. The molecule has 5 nitrogen and oxygen atoms in total. The van der Waals surface area contributed by atoms with Crippen LogP contribution in [-0.2, 0) is 16.0 Å². The number of carbonyl (C=O) groups excluding carboxylic acids is 2. The molecule has 1 atom stereocenters. The molecule has 1 aliphatic carbocycles. The van der Waals surface area contributed by atoms with Gasteiger partial charge in [-0.1, -0.05) is 43.2 Å². The number of aliphatic hydroxyl groups excluding tert-OH is 1. The van der Waals surface area contributed by atoms with Gasteiger partial charge in [-0.25, -0.2) is 0 Å². The number of nitrogens with one attached hydrogen (secondary N) is 2. The molecule has 5 heteroatoms. The van der Waals surface area contributed by atoms with Crippen LogP contribution in [0, 0.1) is 0 Å². The number of rotatable bonds is 5. The van der Waals surface area contributed by atoms with Gasteiger partial charge in [0.1, 0.15) is 11.3 Å². The molecular weight excluding hydrogens is 292 g/mol. The summed E-state index contributed by atoms with van der Waals surface area (Å²) in [5, 5.41) is 15.8. The fourth-order valence-corrected chi connectivity index (χ4v) is 3.30. The summed E-state index contributed by atoms with van der Waals surface area (Å²) in [4.78, 5) is 24.3. The van der Waals surface area contributed by atoms with Gasteiger partial charge in [0.2, 0.25) is 0 Å². The Hall–Kier alpha value is -2.30. The monoisotopic (exact) mass is 314 g/mol. The second-order valence-corrected chi connectivity index (χ2v) is 6.27. The maximum atomic E-state index is 12.3. The first-order valence-corrected chi connectivity index (χ1v) is 8.24. The first kappa shape index (κ1) is 15.6. The molecule has 1 aromatic rings. The number of aliphatic hydroxyl groups is 1. The first-order chi connectivity index (χ1) is 11.1. The van der Waals surface area contributed by atoms with Crippen LogP contribution in [-0.4, -0.2) is 29.0 Å². The van der Waals surface area contributed by atoms with E-state index in [9.17, 15) is 14.7 Å². The van der Waals surface area contributed by atoms with Crippen molar-refractivity contribution in [1.29, 1.82) is 0 Å². The maximum absolute atomic E-state index is 12.3. The van der Waals surface area contributed by atoms with E-state index in [0.717, 1.165) is 37.7 Å². The van der Waals surface area contributed by atoms with E-state index in [1.54, 1.807) is 0 Å². The molecule has 0 spiro atoms. The molecule has 1 unspecified atom stereocenters. The van der Waals surface area contributed by atoms with Crippen molar-refractivity contribution in [3.8, 4) is 0 Å². The van der Waals surface area contributed by atoms with Crippen molar-refractivity contribution in [3.05, 3.63) is 47.2 Å². The lowest BCUT2D eigenvalue weighted by atomic mass is 10.0. The van der Waals surface area contributed by atoms with Crippen LogP contribution in [0.2, 0.25) is 0 Å². The van der Waals surface area contributed by atoms with Gasteiger partial charge < -0.3 is 15.7 Å². The lowest BCUT2D eigenvalue weighted by Gasteiger charge is -2.12. The zero-order chi connectivity index (χ0) is 16.2. The molecular formula is C18H22N2O3. The Kier molecular flexibility index (Phi) is 4.65. The summed E-state index contributed by atoms with van der Waals surface area (Å²) >= 11 is 0. The minimum Gasteiger partial charge on any atom is -0.509 e. The molecule has 0 saturated heterocycles. The number of amides is 2. The lowest BCUT2D eigenvalue weighted by Crippen LogP contribution is -2.37. The summed E-state index contributed by atoms with van der Waals surface area (Å²) in [6.07, 6.45) is 5.39. The standard InChI is InChI=1S/C18H22N2O3/c21-16-14(11-10-12-6-2-1-3-7-12)20-18(23)15(16)17(22)19-13-8-4-5-9-13/h1-3,6-7,13-14,21H,4-5,8-11H2,(H,19,22)(H,20,23). The van der Waals surface area contributed by atoms with Crippen LogP contribution >= 0.6 is 0 Å². The molecule has 3 rings (SSSR count). The number of hydrogen-bond acceptors (Lipinski definition) is 3. The number of carbonyl (C=O) groups is 2. The van der Waals surface area contributed by atoms with Gasteiger partial charge in [0.05, 0.1) is 6.04 Å². The fourth-order valence-electron chi connectivity index (χ4n) is 3.30. The van der Waals surface area contributed by atoms with Crippen LogP contribution in [0.15, 0.2) is 41.7 Å². The molecule has 1 saturated carbocycles. The predicted molar refractivity (Wildman–Crippen MR) is 86.7 cm³/mol. The highest BCUT2D eigenvalue weighted by molar-refractivity contribution is 6.20. The van der Waals surface area contributed by atoms with Gasteiger partial charge in [-0.3, -0.25) is 9.59 Å². The molecule has 1 heterocycles. The van der Waals surface area contributed by atoms with E-state index in [-0.39, 0.29) is 17.4 Å².